The first-order valence-corrected chi connectivity index (χ1v) is 8.38. The molecule has 1 atom stereocenters. The first-order chi connectivity index (χ1) is 11.2. The van der Waals surface area contributed by atoms with E-state index < -0.39 is 23.2 Å². The van der Waals surface area contributed by atoms with Gasteiger partial charge in [-0.2, -0.15) is 0 Å². The van der Waals surface area contributed by atoms with Gasteiger partial charge in [0.15, 0.2) is 5.16 Å². The molecule has 9 nitrogen and oxygen atoms in total. The van der Waals surface area contributed by atoms with E-state index in [1.54, 1.807) is 6.92 Å². The molecular weight excluding hydrogens is 334 g/mol. The van der Waals surface area contributed by atoms with Gasteiger partial charge in [0.25, 0.3) is 0 Å². The summed E-state index contributed by atoms with van der Waals surface area (Å²) in [5.41, 5.74) is 5.18. The number of rotatable bonds is 8. The molecule has 1 aromatic rings. The van der Waals surface area contributed by atoms with Gasteiger partial charge in [0.05, 0.1) is 12.4 Å². The molecule has 0 saturated carbocycles. The van der Waals surface area contributed by atoms with Gasteiger partial charge in [-0.15, -0.1) is 10.2 Å². The molecule has 10 heteroatoms. The highest BCUT2D eigenvalue weighted by molar-refractivity contribution is 8.00. The van der Waals surface area contributed by atoms with Gasteiger partial charge in [-0.05, 0) is 12.8 Å². The lowest BCUT2D eigenvalue weighted by atomic mass is 10.2. The third-order valence-corrected chi connectivity index (χ3v) is 4.08. The van der Waals surface area contributed by atoms with Crippen LogP contribution in [0.15, 0.2) is 5.16 Å². The molecular formula is C14H23N5O4S. The summed E-state index contributed by atoms with van der Waals surface area (Å²) in [6.45, 7) is 6.38. The monoisotopic (exact) mass is 357 g/mol. The van der Waals surface area contributed by atoms with Crippen LogP contribution in [0, 0.1) is 5.92 Å². The van der Waals surface area contributed by atoms with E-state index in [2.05, 4.69) is 20.3 Å². The van der Waals surface area contributed by atoms with Gasteiger partial charge in [-0.3, -0.25) is 14.9 Å². The molecule has 0 aliphatic heterocycles. The number of carbonyl (C=O) groups excluding carboxylic acids is 3. The van der Waals surface area contributed by atoms with Gasteiger partial charge in [0.1, 0.15) is 5.82 Å². The minimum absolute atomic E-state index is 0.180. The fourth-order valence-corrected chi connectivity index (χ4v) is 2.72. The lowest BCUT2D eigenvalue weighted by molar-refractivity contribution is -0.120. The zero-order chi connectivity index (χ0) is 18.3. The number of amides is 3. The zero-order valence-corrected chi connectivity index (χ0v) is 15.1. The van der Waals surface area contributed by atoms with Crippen LogP contribution in [0.5, 0.6) is 0 Å². The number of primary amides is 1. The Morgan fingerprint density at radius 1 is 1.29 bits per heavy atom. The van der Waals surface area contributed by atoms with Crippen molar-refractivity contribution in [1.29, 1.82) is 0 Å². The summed E-state index contributed by atoms with van der Waals surface area (Å²) in [5.74, 6) is 0.0798. The van der Waals surface area contributed by atoms with Crippen molar-refractivity contribution in [2.75, 3.05) is 7.11 Å². The summed E-state index contributed by atoms with van der Waals surface area (Å²) in [4.78, 5) is 34.0. The molecule has 0 fully saturated rings. The van der Waals surface area contributed by atoms with Crippen LogP contribution in [-0.2, 0) is 27.3 Å². The predicted octanol–water partition coefficient (Wildman–Crippen LogP) is 0.715. The molecule has 0 radical (unpaired) electrons. The van der Waals surface area contributed by atoms with Crippen molar-refractivity contribution in [3.05, 3.63) is 5.82 Å². The van der Waals surface area contributed by atoms with E-state index in [0.29, 0.717) is 29.9 Å². The Labute approximate surface area is 144 Å². The third-order valence-electron chi connectivity index (χ3n) is 3.00. The van der Waals surface area contributed by atoms with Crippen LogP contribution in [0.25, 0.3) is 0 Å². The van der Waals surface area contributed by atoms with Crippen LogP contribution in [0.1, 0.15) is 33.0 Å². The number of aromatic nitrogens is 3. The molecule has 3 N–H and O–H groups in total. The van der Waals surface area contributed by atoms with Crippen molar-refractivity contribution in [1.82, 2.24) is 20.1 Å². The topological polar surface area (TPSA) is 129 Å². The van der Waals surface area contributed by atoms with Gasteiger partial charge < -0.3 is 15.0 Å². The number of aryl methyl sites for hydroxylation is 1. The smallest absolute Gasteiger partial charge is 0.413 e. The molecule has 0 unspecified atom stereocenters. The highest BCUT2D eigenvalue weighted by atomic mass is 32.2. The predicted molar refractivity (Wildman–Crippen MR) is 88.2 cm³/mol. The molecule has 1 aromatic heterocycles. The Kier molecular flexibility index (Phi) is 7.69. The number of methoxy groups -OCH3 is 1. The highest BCUT2D eigenvalue weighted by Gasteiger charge is 2.22. The number of nitrogens with one attached hydrogen (secondary N) is 1. The van der Waals surface area contributed by atoms with Crippen LogP contribution in [0.4, 0.5) is 4.79 Å². The number of hydrogen-bond acceptors (Lipinski definition) is 7. The first kappa shape index (κ1) is 19.9. The van der Waals surface area contributed by atoms with E-state index in [1.165, 1.54) is 18.9 Å². The molecule has 0 spiro atoms. The van der Waals surface area contributed by atoms with Crippen molar-refractivity contribution in [2.45, 2.75) is 50.6 Å². The van der Waals surface area contributed by atoms with E-state index in [4.69, 9.17) is 5.73 Å². The molecule has 0 bridgehead atoms. The Balaban J connectivity index is 2.87. The molecule has 1 heterocycles. The minimum atomic E-state index is -0.807. The molecule has 0 aromatic carbocycles. The third kappa shape index (κ3) is 6.19. The van der Waals surface area contributed by atoms with Crippen molar-refractivity contribution in [3.63, 3.8) is 0 Å². The van der Waals surface area contributed by atoms with E-state index in [-0.39, 0.29) is 6.42 Å². The standard InChI is InChI=1S/C14H23N5O4S/c1-8(2)7-19-11(6-5-10(15)20)17-18-13(19)24-9(3)12(21)16-14(22)23-4/h8-9H,5-7H2,1-4H3,(H2,15,20)(H,16,21,22)/t9-/m1/s1. The minimum Gasteiger partial charge on any atom is -0.453 e. The number of carbonyl (C=O) groups is 3. The SMILES string of the molecule is COC(=O)NC(=O)[C@@H](C)Sc1nnc(CCC(N)=O)n1CC(C)C. The van der Waals surface area contributed by atoms with Crippen LogP contribution >= 0.6 is 11.8 Å². The molecule has 0 aliphatic rings. The maximum absolute atomic E-state index is 11.9. The van der Waals surface area contributed by atoms with Crippen LogP contribution in [-0.4, -0.2) is 45.0 Å². The van der Waals surface area contributed by atoms with Crippen LogP contribution in [0.3, 0.4) is 0 Å². The average Bonchev–Trinajstić information content (AvgIpc) is 2.86. The summed E-state index contributed by atoms with van der Waals surface area (Å²) in [6.07, 6.45) is -0.240. The largest absolute Gasteiger partial charge is 0.453 e. The second-order valence-electron chi connectivity index (χ2n) is 5.61. The number of hydrogen-bond donors (Lipinski definition) is 2. The second kappa shape index (κ2) is 9.26. The average molecular weight is 357 g/mol. The summed E-state index contributed by atoms with van der Waals surface area (Å²) in [7, 11) is 1.19. The van der Waals surface area contributed by atoms with Crippen LogP contribution < -0.4 is 11.1 Å². The Morgan fingerprint density at radius 3 is 2.50 bits per heavy atom. The van der Waals surface area contributed by atoms with Gasteiger partial charge >= 0.3 is 6.09 Å². The molecule has 3 amide bonds. The normalized spacial score (nSPS) is 12.0. The number of nitrogens with zero attached hydrogens (tertiary/aromatic N) is 3. The van der Waals surface area contributed by atoms with E-state index in [1.807, 2.05) is 18.4 Å². The lowest BCUT2D eigenvalue weighted by Crippen LogP contribution is -2.36. The summed E-state index contributed by atoms with van der Waals surface area (Å²) >= 11 is 1.18. The van der Waals surface area contributed by atoms with Crippen molar-refractivity contribution in [2.24, 2.45) is 11.7 Å². The number of alkyl carbamates (subject to hydrolysis) is 1. The maximum Gasteiger partial charge on any atom is 0.413 e. The maximum atomic E-state index is 11.9. The number of ether oxygens (including phenoxy) is 1. The van der Waals surface area contributed by atoms with Gasteiger partial charge in [0, 0.05) is 19.4 Å². The summed E-state index contributed by atoms with van der Waals surface area (Å²) < 4.78 is 6.27. The molecule has 24 heavy (non-hydrogen) atoms. The molecule has 0 saturated heterocycles. The molecule has 1 rings (SSSR count). The summed E-state index contributed by atoms with van der Waals surface area (Å²) in [6, 6.07) is 0. The summed E-state index contributed by atoms with van der Waals surface area (Å²) in [5, 5.41) is 10.3. The van der Waals surface area contributed by atoms with Gasteiger partial charge in [-0.1, -0.05) is 25.6 Å². The number of thioether (sulfide) groups is 1. The Bertz CT molecular complexity index is 602. The van der Waals surface area contributed by atoms with Crippen molar-refractivity contribution < 1.29 is 19.1 Å². The first-order valence-electron chi connectivity index (χ1n) is 7.50. The van der Waals surface area contributed by atoms with Crippen LogP contribution in [0.2, 0.25) is 0 Å². The second-order valence-corrected chi connectivity index (χ2v) is 6.92. The van der Waals surface area contributed by atoms with Gasteiger partial charge in [0.2, 0.25) is 11.8 Å². The molecule has 134 valence electrons. The lowest BCUT2D eigenvalue weighted by Gasteiger charge is -2.14. The van der Waals surface area contributed by atoms with Crippen molar-refractivity contribution >= 4 is 29.7 Å². The Hall–Kier alpha value is -2.10. The quantitative estimate of drug-likeness (QED) is 0.656. The van der Waals surface area contributed by atoms with E-state index in [0.717, 1.165) is 0 Å². The van der Waals surface area contributed by atoms with Crippen molar-refractivity contribution in [3.8, 4) is 0 Å². The molecule has 0 aliphatic carbocycles. The number of imide groups is 1. The van der Waals surface area contributed by atoms with E-state index in [9.17, 15) is 14.4 Å². The fraction of sp³-hybridized carbons (Fsp3) is 0.643. The highest BCUT2D eigenvalue weighted by Crippen LogP contribution is 2.24. The zero-order valence-electron chi connectivity index (χ0n) is 14.2. The van der Waals surface area contributed by atoms with E-state index >= 15 is 0 Å². The fourth-order valence-electron chi connectivity index (χ4n) is 1.84. The van der Waals surface area contributed by atoms with Gasteiger partial charge in [-0.25, -0.2) is 4.79 Å². The number of nitrogens with two attached hydrogens (primary N) is 1. The Morgan fingerprint density at radius 2 is 1.96 bits per heavy atom.